The molecule has 0 bridgehead atoms. The van der Waals surface area contributed by atoms with Crippen LogP contribution in [0.4, 0.5) is 4.39 Å². The van der Waals surface area contributed by atoms with Crippen LogP contribution in [0.2, 0.25) is 0 Å². The number of methoxy groups -OCH3 is 1. The molecule has 3 aromatic rings. The Morgan fingerprint density at radius 1 is 1.23 bits per heavy atom. The number of aromatic nitrogens is 4. The van der Waals surface area contributed by atoms with Gasteiger partial charge >= 0.3 is 0 Å². The van der Waals surface area contributed by atoms with Gasteiger partial charge in [-0.2, -0.15) is 0 Å². The van der Waals surface area contributed by atoms with Crippen molar-refractivity contribution >= 4 is 11.2 Å². The number of alkyl halides is 1. The van der Waals surface area contributed by atoms with Gasteiger partial charge in [-0.15, -0.1) is 0 Å². The van der Waals surface area contributed by atoms with Crippen LogP contribution in [0.15, 0.2) is 36.5 Å². The fourth-order valence-corrected chi connectivity index (χ4v) is 3.13. The van der Waals surface area contributed by atoms with E-state index in [9.17, 15) is 4.39 Å². The number of likely N-dealkylation sites (tertiary alicyclic amines) is 1. The Morgan fingerprint density at radius 3 is 3.00 bits per heavy atom. The maximum atomic E-state index is 14.3. The van der Waals surface area contributed by atoms with E-state index in [0.29, 0.717) is 37.0 Å². The summed E-state index contributed by atoms with van der Waals surface area (Å²) in [5.41, 5.74) is 2.33. The number of hydrogen-bond donors (Lipinski definition) is 1. The van der Waals surface area contributed by atoms with Crippen molar-refractivity contribution in [2.45, 2.75) is 25.4 Å². The molecule has 0 aliphatic carbocycles. The molecule has 0 unspecified atom stereocenters. The molecule has 1 aliphatic heterocycles. The van der Waals surface area contributed by atoms with Crippen LogP contribution in [0.1, 0.15) is 11.5 Å². The standard InChI is InChI=1S/C18H20FN5O2/c1-25-17-6-2-4-12(21-17)8-24-9-13(19)15(10-24)26-11-16-22-14-5-3-7-20-18(14)23-16/h2-7,13,15H,8-11H2,1H3,(H,20,22,23)/t13-,15+/m1/s1. The highest BCUT2D eigenvalue weighted by atomic mass is 19.1. The minimum Gasteiger partial charge on any atom is -0.481 e. The third-order valence-electron chi connectivity index (χ3n) is 4.39. The summed E-state index contributed by atoms with van der Waals surface area (Å²) in [4.78, 5) is 18.0. The number of ether oxygens (including phenoxy) is 2. The molecule has 0 saturated carbocycles. The van der Waals surface area contributed by atoms with Gasteiger partial charge in [0.05, 0.1) is 18.3 Å². The molecule has 0 radical (unpaired) electrons. The van der Waals surface area contributed by atoms with Crippen molar-refractivity contribution in [3.05, 3.63) is 48.0 Å². The van der Waals surface area contributed by atoms with E-state index in [1.807, 2.05) is 29.2 Å². The fourth-order valence-electron chi connectivity index (χ4n) is 3.13. The van der Waals surface area contributed by atoms with Crippen LogP contribution in [0, 0.1) is 0 Å². The number of fused-ring (bicyclic) bond motifs is 1. The summed E-state index contributed by atoms with van der Waals surface area (Å²) < 4.78 is 25.2. The topological polar surface area (TPSA) is 76.2 Å². The van der Waals surface area contributed by atoms with Gasteiger partial charge in [-0.05, 0) is 18.2 Å². The highest BCUT2D eigenvalue weighted by Gasteiger charge is 2.34. The molecule has 136 valence electrons. The van der Waals surface area contributed by atoms with E-state index >= 15 is 0 Å². The Labute approximate surface area is 150 Å². The smallest absolute Gasteiger partial charge is 0.213 e. The first-order valence-corrected chi connectivity index (χ1v) is 8.49. The molecule has 1 aliphatic rings. The van der Waals surface area contributed by atoms with E-state index in [1.165, 1.54) is 0 Å². The largest absolute Gasteiger partial charge is 0.481 e. The van der Waals surface area contributed by atoms with Crippen LogP contribution >= 0.6 is 0 Å². The molecular weight excluding hydrogens is 337 g/mol. The lowest BCUT2D eigenvalue weighted by Crippen LogP contribution is -2.24. The Balaban J connectivity index is 1.34. The number of pyridine rings is 2. The zero-order valence-electron chi connectivity index (χ0n) is 14.4. The van der Waals surface area contributed by atoms with Crippen LogP contribution in [0.3, 0.4) is 0 Å². The van der Waals surface area contributed by atoms with Crippen LogP contribution in [0.25, 0.3) is 11.2 Å². The molecule has 0 spiro atoms. The van der Waals surface area contributed by atoms with Gasteiger partial charge in [0.2, 0.25) is 5.88 Å². The maximum absolute atomic E-state index is 14.3. The summed E-state index contributed by atoms with van der Waals surface area (Å²) in [6.45, 7) is 1.63. The normalized spacial score (nSPS) is 20.7. The predicted molar refractivity (Wildman–Crippen MR) is 93.4 cm³/mol. The van der Waals surface area contributed by atoms with E-state index in [4.69, 9.17) is 9.47 Å². The van der Waals surface area contributed by atoms with Crippen molar-refractivity contribution in [2.75, 3.05) is 20.2 Å². The van der Waals surface area contributed by atoms with Gasteiger partial charge in [-0.3, -0.25) is 4.90 Å². The Morgan fingerprint density at radius 2 is 2.15 bits per heavy atom. The molecule has 26 heavy (non-hydrogen) atoms. The molecule has 8 heteroatoms. The third kappa shape index (κ3) is 3.66. The molecule has 0 amide bonds. The zero-order chi connectivity index (χ0) is 17.9. The second-order valence-corrected chi connectivity index (χ2v) is 6.29. The van der Waals surface area contributed by atoms with Crippen molar-refractivity contribution in [1.29, 1.82) is 0 Å². The summed E-state index contributed by atoms with van der Waals surface area (Å²) >= 11 is 0. The molecule has 4 heterocycles. The average Bonchev–Trinajstić information content (AvgIpc) is 3.22. The van der Waals surface area contributed by atoms with E-state index < -0.39 is 12.3 Å². The van der Waals surface area contributed by atoms with E-state index in [1.54, 1.807) is 19.4 Å². The second-order valence-electron chi connectivity index (χ2n) is 6.29. The molecule has 1 saturated heterocycles. The SMILES string of the molecule is COc1cccc(CN2C[C@@H](F)[C@@H](OCc3nc4ncccc4[nH]3)C2)n1. The first-order chi connectivity index (χ1) is 12.7. The van der Waals surface area contributed by atoms with Crippen molar-refractivity contribution in [2.24, 2.45) is 0 Å². The molecule has 2 atom stereocenters. The molecule has 1 fully saturated rings. The van der Waals surface area contributed by atoms with E-state index in [-0.39, 0.29) is 6.61 Å². The number of nitrogens with zero attached hydrogens (tertiary/aromatic N) is 4. The van der Waals surface area contributed by atoms with Crippen LogP contribution < -0.4 is 4.74 Å². The summed E-state index contributed by atoms with van der Waals surface area (Å²) in [5, 5.41) is 0. The van der Waals surface area contributed by atoms with Gasteiger partial charge in [0, 0.05) is 31.9 Å². The van der Waals surface area contributed by atoms with Gasteiger partial charge in [-0.25, -0.2) is 19.3 Å². The number of aromatic amines is 1. The number of hydrogen-bond acceptors (Lipinski definition) is 6. The van der Waals surface area contributed by atoms with E-state index in [0.717, 1.165) is 11.2 Å². The maximum Gasteiger partial charge on any atom is 0.213 e. The molecule has 1 N–H and O–H groups in total. The minimum atomic E-state index is -1.04. The Hall–Kier alpha value is -2.58. The summed E-state index contributed by atoms with van der Waals surface area (Å²) in [5.74, 6) is 1.21. The molecule has 4 rings (SSSR count). The van der Waals surface area contributed by atoms with Gasteiger partial charge in [-0.1, -0.05) is 6.07 Å². The van der Waals surface area contributed by atoms with Crippen LogP contribution in [-0.2, 0) is 17.9 Å². The van der Waals surface area contributed by atoms with Crippen molar-refractivity contribution in [3.63, 3.8) is 0 Å². The fraction of sp³-hybridized carbons (Fsp3) is 0.389. The van der Waals surface area contributed by atoms with Gasteiger partial charge in [0.15, 0.2) is 5.65 Å². The van der Waals surface area contributed by atoms with Gasteiger partial charge in [0.25, 0.3) is 0 Å². The highest BCUT2D eigenvalue weighted by Crippen LogP contribution is 2.20. The average molecular weight is 357 g/mol. The van der Waals surface area contributed by atoms with Crippen molar-refractivity contribution < 1.29 is 13.9 Å². The predicted octanol–water partition coefficient (Wildman–Crippen LogP) is 2.10. The number of imidazole rings is 1. The Bertz CT molecular complexity index is 854. The number of nitrogens with one attached hydrogen (secondary N) is 1. The highest BCUT2D eigenvalue weighted by molar-refractivity contribution is 5.69. The second kappa shape index (κ2) is 7.35. The zero-order valence-corrected chi connectivity index (χ0v) is 14.4. The molecule has 7 nitrogen and oxygen atoms in total. The minimum absolute atomic E-state index is 0.229. The number of H-pyrrole nitrogens is 1. The third-order valence-corrected chi connectivity index (χ3v) is 4.39. The molecular formula is C18H20FN5O2. The monoisotopic (exact) mass is 357 g/mol. The van der Waals surface area contributed by atoms with Crippen molar-refractivity contribution in [3.8, 4) is 5.88 Å². The quantitative estimate of drug-likeness (QED) is 0.728. The lowest BCUT2D eigenvalue weighted by molar-refractivity contribution is 0.00860. The number of halogens is 1. The summed E-state index contributed by atoms with van der Waals surface area (Å²) in [7, 11) is 1.58. The van der Waals surface area contributed by atoms with Crippen molar-refractivity contribution in [1.82, 2.24) is 24.8 Å². The van der Waals surface area contributed by atoms with Crippen LogP contribution in [0.5, 0.6) is 5.88 Å². The summed E-state index contributed by atoms with van der Waals surface area (Å²) in [6.07, 6.45) is 0.164. The molecule has 3 aromatic heterocycles. The van der Waals surface area contributed by atoms with Crippen LogP contribution in [-0.4, -0.2) is 57.3 Å². The first kappa shape index (κ1) is 16.9. The first-order valence-electron chi connectivity index (χ1n) is 8.49. The Kier molecular flexibility index (Phi) is 4.77. The number of rotatable bonds is 6. The molecule has 0 aromatic carbocycles. The van der Waals surface area contributed by atoms with Gasteiger partial charge < -0.3 is 14.5 Å². The lowest BCUT2D eigenvalue weighted by Gasteiger charge is -2.15. The van der Waals surface area contributed by atoms with E-state index in [2.05, 4.69) is 19.9 Å². The lowest BCUT2D eigenvalue weighted by atomic mass is 10.3. The van der Waals surface area contributed by atoms with Gasteiger partial charge in [0.1, 0.15) is 24.7 Å². The summed E-state index contributed by atoms with van der Waals surface area (Å²) in [6, 6.07) is 9.32.